The molecular formula is C26H28ClF6N5O5S. The van der Waals surface area contributed by atoms with Crippen molar-refractivity contribution in [3.05, 3.63) is 23.2 Å². The molecule has 4 aliphatic rings. The van der Waals surface area contributed by atoms with E-state index in [9.17, 15) is 49.6 Å². The molecule has 0 radical (unpaired) electrons. The summed E-state index contributed by atoms with van der Waals surface area (Å²) < 4.78 is 112. The molecule has 0 aromatic heterocycles. The lowest BCUT2D eigenvalue weighted by Gasteiger charge is -2.36. The van der Waals surface area contributed by atoms with Crippen molar-refractivity contribution in [1.29, 1.82) is 5.26 Å². The van der Waals surface area contributed by atoms with E-state index >= 15 is 0 Å². The molecule has 4 fully saturated rings. The van der Waals surface area contributed by atoms with Gasteiger partial charge in [-0.25, -0.2) is 13.2 Å². The molecule has 0 bridgehead atoms. The number of nitriles is 1. The van der Waals surface area contributed by atoms with Crippen LogP contribution in [0.25, 0.3) is 0 Å². The van der Waals surface area contributed by atoms with E-state index in [2.05, 4.69) is 5.32 Å². The third-order valence-electron chi connectivity index (χ3n) is 8.52. The fourth-order valence-electron chi connectivity index (χ4n) is 5.58. The molecule has 242 valence electrons. The average Bonchev–Trinajstić information content (AvgIpc) is 3.84. The van der Waals surface area contributed by atoms with Gasteiger partial charge in [0, 0.05) is 44.8 Å². The van der Waals surface area contributed by atoms with E-state index in [0.717, 1.165) is 0 Å². The van der Waals surface area contributed by atoms with Crippen LogP contribution in [-0.4, -0.2) is 98.9 Å². The summed E-state index contributed by atoms with van der Waals surface area (Å²) >= 11 is 6.36. The lowest BCUT2D eigenvalue weighted by molar-refractivity contribution is -0.201. The number of hydrogen-bond donors (Lipinski definition) is 1. The van der Waals surface area contributed by atoms with Gasteiger partial charge >= 0.3 is 18.4 Å². The van der Waals surface area contributed by atoms with Crippen LogP contribution < -0.4 is 10.2 Å². The number of anilines is 1. The minimum Gasteiger partial charge on any atom is -0.425 e. The number of likely N-dealkylation sites (tertiary alicyclic amines) is 1. The molecule has 2 heterocycles. The summed E-state index contributed by atoms with van der Waals surface area (Å²) in [5.74, 6) is -1.40. The van der Waals surface area contributed by atoms with Gasteiger partial charge in [0.1, 0.15) is 11.0 Å². The number of alkyl carbamates (subject to hydrolysis) is 1. The highest BCUT2D eigenvalue weighted by Gasteiger charge is 2.70. The van der Waals surface area contributed by atoms with E-state index in [1.165, 1.54) is 23.1 Å². The molecule has 2 saturated carbocycles. The van der Waals surface area contributed by atoms with Crippen LogP contribution in [0.2, 0.25) is 5.02 Å². The first-order valence-electron chi connectivity index (χ1n) is 13.8. The zero-order chi connectivity index (χ0) is 32.3. The Morgan fingerprint density at radius 3 is 2.20 bits per heavy atom. The Morgan fingerprint density at radius 1 is 1.07 bits per heavy atom. The molecule has 0 unspecified atom stereocenters. The monoisotopic (exact) mass is 671 g/mol. The number of nitrogens with one attached hydrogen (secondary N) is 1. The highest BCUT2D eigenvalue weighted by Crippen LogP contribution is 2.59. The van der Waals surface area contributed by atoms with Crippen LogP contribution in [0, 0.1) is 16.7 Å². The Labute approximate surface area is 253 Å². The average molecular weight is 672 g/mol. The first-order valence-corrected chi connectivity index (χ1v) is 15.7. The van der Waals surface area contributed by atoms with Crippen LogP contribution in [0.3, 0.4) is 0 Å². The molecule has 18 heteroatoms. The number of nitrogens with zero attached hydrogens (tertiary/aromatic N) is 4. The quantitative estimate of drug-likeness (QED) is 0.434. The SMILES string of the molecule is N#CC1(NC(=O)O[C@H]2C[C@@H](S(=O)(=O)c3ccc(N4CCN(CC(F)(F)F)CC4)cc3Cl)CN2C(=O)C2(C(F)(F)F)CC2)CC1. The summed E-state index contributed by atoms with van der Waals surface area (Å²) in [6.07, 6.45) is -12.9. The highest BCUT2D eigenvalue weighted by atomic mass is 35.5. The van der Waals surface area contributed by atoms with Crippen molar-refractivity contribution < 1.29 is 49.1 Å². The predicted molar refractivity (Wildman–Crippen MR) is 142 cm³/mol. The van der Waals surface area contributed by atoms with Crippen molar-refractivity contribution in [1.82, 2.24) is 15.1 Å². The molecule has 0 spiro atoms. The number of hydrogen-bond acceptors (Lipinski definition) is 8. The lowest BCUT2D eigenvalue weighted by Crippen LogP contribution is -2.49. The van der Waals surface area contributed by atoms with E-state index in [0.29, 0.717) is 23.4 Å². The van der Waals surface area contributed by atoms with Crippen molar-refractivity contribution in [3.8, 4) is 6.07 Å². The van der Waals surface area contributed by atoms with Gasteiger partial charge in [-0.2, -0.15) is 31.6 Å². The molecule has 5 rings (SSSR count). The number of amides is 2. The van der Waals surface area contributed by atoms with Crippen LogP contribution in [0.5, 0.6) is 0 Å². The Bertz CT molecular complexity index is 1470. The second-order valence-electron chi connectivity index (χ2n) is 11.6. The number of benzene rings is 1. The fraction of sp³-hybridized carbons (Fsp3) is 0.654. The van der Waals surface area contributed by atoms with E-state index < -0.39 is 89.0 Å². The van der Waals surface area contributed by atoms with Crippen molar-refractivity contribution in [2.45, 2.75) is 66.4 Å². The summed E-state index contributed by atoms with van der Waals surface area (Å²) in [6, 6.07) is 5.86. The summed E-state index contributed by atoms with van der Waals surface area (Å²) in [4.78, 5) is 28.9. The Hall–Kier alpha value is -2.97. The second kappa shape index (κ2) is 11.1. The Kier molecular flexibility index (Phi) is 8.20. The molecule has 2 aliphatic heterocycles. The maximum absolute atomic E-state index is 13.8. The van der Waals surface area contributed by atoms with Gasteiger partial charge in [-0.3, -0.25) is 9.69 Å². The first-order chi connectivity index (χ1) is 20.4. The zero-order valence-electron chi connectivity index (χ0n) is 23.0. The van der Waals surface area contributed by atoms with Gasteiger partial charge < -0.3 is 19.9 Å². The molecule has 2 aliphatic carbocycles. The van der Waals surface area contributed by atoms with Gasteiger partial charge in [0.25, 0.3) is 0 Å². The fourth-order valence-corrected chi connectivity index (χ4v) is 7.80. The number of carbonyl (C=O) groups is 2. The largest absolute Gasteiger partial charge is 0.425 e. The summed E-state index contributed by atoms with van der Waals surface area (Å²) in [6.45, 7) is -1.05. The van der Waals surface area contributed by atoms with Crippen LogP contribution in [0.1, 0.15) is 32.1 Å². The second-order valence-corrected chi connectivity index (χ2v) is 14.2. The Morgan fingerprint density at radius 2 is 1.70 bits per heavy atom. The van der Waals surface area contributed by atoms with Crippen molar-refractivity contribution in [2.75, 3.05) is 44.2 Å². The van der Waals surface area contributed by atoms with Gasteiger partial charge in [-0.15, -0.1) is 0 Å². The molecule has 2 amide bonds. The number of carbonyl (C=O) groups excluding carboxylic acids is 2. The number of ether oxygens (including phenoxy) is 1. The van der Waals surface area contributed by atoms with Gasteiger partial charge in [0.2, 0.25) is 5.91 Å². The molecule has 1 aromatic carbocycles. The predicted octanol–water partition coefficient (Wildman–Crippen LogP) is 3.85. The lowest BCUT2D eigenvalue weighted by atomic mass is 10.1. The minimum absolute atomic E-state index is 0.118. The molecule has 10 nitrogen and oxygen atoms in total. The third kappa shape index (κ3) is 6.38. The number of piperazine rings is 1. The molecule has 1 aromatic rings. The van der Waals surface area contributed by atoms with Gasteiger partial charge in [0.15, 0.2) is 16.1 Å². The summed E-state index contributed by atoms with van der Waals surface area (Å²) in [7, 11) is -4.39. The molecule has 2 saturated heterocycles. The van der Waals surface area contributed by atoms with Gasteiger partial charge in [-0.05, 0) is 43.9 Å². The maximum Gasteiger partial charge on any atom is 0.410 e. The van der Waals surface area contributed by atoms with Crippen molar-refractivity contribution >= 4 is 39.1 Å². The van der Waals surface area contributed by atoms with Crippen molar-refractivity contribution in [2.24, 2.45) is 5.41 Å². The van der Waals surface area contributed by atoms with Gasteiger partial charge in [-0.1, -0.05) is 11.6 Å². The summed E-state index contributed by atoms with van der Waals surface area (Å²) in [5, 5.41) is 9.83. The van der Waals surface area contributed by atoms with Crippen LogP contribution in [-0.2, 0) is 19.4 Å². The van der Waals surface area contributed by atoms with E-state index in [4.69, 9.17) is 16.3 Å². The van der Waals surface area contributed by atoms with E-state index in [1.54, 1.807) is 4.90 Å². The normalized spacial score (nSPS) is 24.9. The van der Waals surface area contributed by atoms with Crippen LogP contribution >= 0.6 is 11.6 Å². The zero-order valence-corrected chi connectivity index (χ0v) is 24.6. The topological polar surface area (TPSA) is 123 Å². The number of sulfone groups is 1. The summed E-state index contributed by atoms with van der Waals surface area (Å²) in [5.41, 5.74) is -3.41. The molecular weight excluding hydrogens is 644 g/mol. The molecule has 1 N–H and O–H groups in total. The number of alkyl halides is 6. The van der Waals surface area contributed by atoms with Gasteiger partial charge in [0.05, 0.1) is 27.8 Å². The van der Waals surface area contributed by atoms with Crippen LogP contribution in [0.4, 0.5) is 36.8 Å². The number of halogens is 7. The molecule has 2 atom stereocenters. The van der Waals surface area contributed by atoms with Crippen LogP contribution in [0.15, 0.2) is 23.1 Å². The van der Waals surface area contributed by atoms with Crippen molar-refractivity contribution in [3.63, 3.8) is 0 Å². The highest BCUT2D eigenvalue weighted by molar-refractivity contribution is 7.92. The maximum atomic E-state index is 13.8. The third-order valence-corrected chi connectivity index (χ3v) is 11.1. The Balaban J connectivity index is 1.33. The molecule has 44 heavy (non-hydrogen) atoms. The van der Waals surface area contributed by atoms with E-state index in [1.807, 2.05) is 6.07 Å². The minimum atomic E-state index is -4.90. The number of rotatable bonds is 7. The standard InChI is InChI=1S/C26H28ClF6N5O5S/c27-18-11-16(37-9-7-36(8-10-37)15-25(28,29)30)1-2-19(18)44(41,42)17-12-20(43-22(40)35-23(14-34)3-4-23)38(13-17)21(39)24(5-6-24)26(31,32)33/h1-2,11,17,20H,3-10,12-13,15H2,(H,35,40)/t17-,20+/m1/s1. The van der Waals surface area contributed by atoms with E-state index in [-0.39, 0.29) is 36.1 Å². The first kappa shape index (κ1) is 32.4. The smallest absolute Gasteiger partial charge is 0.410 e.